The first kappa shape index (κ1) is 13.0. The SMILES string of the molecule is CCCCCSc1cc(C)ncc1C(=O)O. The van der Waals surface area contributed by atoms with Crippen LogP contribution in [0.3, 0.4) is 0 Å². The lowest BCUT2D eigenvalue weighted by molar-refractivity contribution is 0.0692. The van der Waals surface area contributed by atoms with E-state index >= 15 is 0 Å². The minimum atomic E-state index is -0.898. The van der Waals surface area contributed by atoms with Crippen molar-refractivity contribution in [2.45, 2.75) is 38.0 Å². The van der Waals surface area contributed by atoms with Crippen LogP contribution in [0.15, 0.2) is 17.2 Å². The van der Waals surface area contributed by atoms with Crippen molar-refractivity contribution >= 4 is 17.7 Å². The highest BCUT2D eigenvalue weighted by atomic mass is 32.2. The molecule has 0 radical (unpaired) electrons. The van der Waals surface area contributed by atoms with Crippen LogP contribution < -0.4 is 0 Å². The molecule has 0 amide bonds. The molecule has 0 aliphatic rings. The Morgan fingerprint density at radius 3 is 2.88 bits per heavy atom. The third-order valence-electron chi connectivity index (χ3n) is 2.24. The number of carboxylic acid groups (broad SMARTS) is 1. The first-order chi connectivity index (χ1) is 7.65. The molecule has 1 aromatic rings. The fourth-order valence-electron chi connectivity index (χ4n) is 1.35. The maximum absolute atomic E-state index is 11.0. The molecule has 1 N–H and O–H groups in total. The number of aryl methyl sites for hydroxylation is 1. The standard InChI is InChI=1S/C12H17NO2S/c1-3-4-5-6-16-11-7-9(2)13-8-10(11)12(14)15/h7-8H,3-6H2,1-2H3,(H,14,15). The van der Waals surface area contributed by atoms with Crippen molar-refractivity contribution in [1.29, 1.82) is 0 Å². The van der Waals surface area contributed by atoms with Crippen LogP contribution >= 0.6 is 11.8 Å². The van der Waals surface area contributed by atoms with Crippen LogP contribution in [-0.4, -0.2) is 21.8 Å². The summed E-state index contributed by atoms with van der Waals surface area (Å²) < 4.78 is 0. The van der Waals surface area contributed by atoms with Crippen LogP contribution in [0.5, 0.6) is 0 Å². The predicted molar refractivity (Wildman–Crippen MR) is 66.2 cm³/mol. The van der Waals surface area contributed by atoms with E-state index < -0.39 is 5.97 Å². The molecule has 1 aromatic heterocycles. The van der Waals surface area contributed by atoms with Crippen molar-refractivity contribution in [3.05, 3.63) is 23.5 Å². The fourth-order valence-corrected chi connectivity index (χ4v) is 2.47. The summed E-state index contributed by atoms with van der Waals surface area (Å²) in [6, 6.07) is 1.85. The molecule has 1 rings (SSSR count). The lowest BCUT2D eigenvalue weighted by atomic mass is 10.2. The van der Waals surface area contributed by atoms with Crippen molar-refractivity contribution in [3.63, 3.8) is 0 Å². The Kier molecular flexibility index (Phi) is 5.32. The first-order valence-corrected chi connectivity index (χ1v) is 6.46. The lowest BCUT2D eigenvalue weighted by Crippen LogP contribution is -2.01. The van der Waals surface area contributed by atoms with E-state index in [1.807, 2.05) is 13.0 Å². The molecule has 88 valence electrons. The second-order valence-corrected chi connectivity index (χ2v) is 4.82. The van der Waals surface area contributed by atoms with Gasteiger partial charge in [-0.1, -0.05) is 19.8 Å². The quantitative estimate of drug-likeness (QED) is 0.611. The van der Waals surface area contributed by atoms with Crippen molar-refractivity contribution in [2.75, 3.05) is 5.75 Å². The molecule has 16 heavy (non-hydrogen) atoms. The Hall–Kier alpha value is -1.03. The van der Waals surface area contributed by atoms with Gasteiger partial charge in [-0.25, -0.2) is 4.79 Å². The average molecular weight is 239 g/mol. The highest BCUT2D eigenvalue weighted by molar-refractivity contribution is 7.99. The highest BCUT2D eigenvalue weighted by Crippen LogP contribution is 2.24. The van der Waals surface area contributed by atoms with Crippen molar-refractivity contribution in [3.8, 4) is 0 Å². The van der Waals surface area contributed by atoms with E-state index in [-0.39, 0.29) is 0 Å². The number of carbonyl (C=O) groups is 1. The number of rotatable bonds is 6. The molecule has 0 fully saturated rings. The summed E-state index contributed by atoms with van der Waals surface area (Å²) in [6.07, 6.45) is 4.95. The Balaban J connectivity index is 2.68. The number of thioether (sulfide) groups is 1. The summed E-state index contributed by atoms with van der Waals surface area (Å²) in [6.45, 7) is 4.03. The third kappa shape index (κ3) is 3.85. The molecule has 0 unspecified atom stereocenters. The van der Waals surface area contributed by atoms with E-state index in [1.165, 1.54) is 19.0 Å². The fraction of sp³-hybridized carbons (Fsp3) is 0.500. The molecule has 0 aliphatic heterocycles. The molecule has 4 heteroatoms. The summed E-state index contributed by atoms with van der Waals surface area (Å²) >= 11 is 1.61. The monoisotopic (exact) mass is 239 g/mol. The first-order valence-electron chi connectivity index (χ1n) is 5.48. The molecule has 0 spiro atoms. The smallest absolute Gasteiger partial charge is 0.338 e. The number of aromatic carboxylic acids is 1. The summed E-state index contributed by atoms with van der Waals surface area (Å²) in [5.74, 6) is 0.0721. The summed E-state index contributed by atoms with van der Waals surface area (Å²) in [5, 5.41) is 9.01. The lowest BCUT2D eigenvalue weighted by Gasteiger charge is -2.06. The van der Waals surface area contributed by atoms with Crippen LogP contribution in [0.2, 0.25) is 0 Å². The largest absolute Gasteiger partial charge is 0.478 e. The number of carboxylic acids is 1. The van der Waals surface area contributed by atoms with Gasteiger partial charge in [0, 0.05) is 16.8 Å². The highest BCUT2D eigenvalue weighted by Gasteiger charge is 2.10. The maximum atomic E-state index is 11.0. The molecule has 3 nitrogen and oxygen atoms in total. The molecule has 0 aromatic carbocycles. The molecular formula is C12H17NO2S. The van der Waals surface area contributed by atoms with Gasteiger partial charge in [0.25, 0.3) is 0 Å². The Morgan fingerprint density at radius 2 is 2.25 bits per heavy atom. The van der Waals surface area contributed by atoms with Gasteiger partial charge in [-0.05, 0) is 25.2 Å². The summed E-state index contributed by atoms with van der Waals surface area (Å²) in [7, 11) is 0. The van der Waals surface area contributed by atoms with Gasteiger partial charge < -0.3 is 5.11 Å². The van der Waals surface area contributed by atoms with Gasteiger partial charge >= 0.3 is 5.97 Å². The van der Waals surface area contributed by atoms with E-state index in [2.05, 4.69) is 11.9 Å². The Morgan fingerprint density at radius 1 is 1.50 bits per heavy atom. The number of aromatic nitrogens is 1. The van der Waals surface area contributed by atoms with E-state index in [4.69, 9.17) is 5.11 Å². The minimum Gasteiger partial charge on any atom is -0.478 e. The number of pyridine rings is 1. The zero-order valence-electron chi connectivity index (χ0n) is 9.69. The van der Waals surface area contributed by atoms with Gasteiger partial charge in [-0.3, -0.25) is 4.98 Å². The van der Waals surface area contributed by atoms with Gasteiger partial charge in [0.2, 0.25) is 0 Å². The topological polar surface area (TPSA) is 50.2 Å². The molecule has 1 heterocycles. The van der Waals surface area contributed by atoms with Crippen LogP contribution in [0.4, 0.5) is 0 Å². The van der Waals surface area contributed by atoms with E-state index in [1.54, 1.807) is 11.8 Å². The van der Waals surface area contributed by atoms with Gasteiger partial charge in [0.15, 0.2) is 0 Å². The minimum absolute atomic E-state index is 0.312. The predicted octanol–water partition coefficient (Wildman–Crippen LogP) is 3.37. The van der Waals surface area contributed by atoms with Crippen LogP contribution in [-0.2, 0) is 0 Å². The number of unbranched alkanes of at least 4 members (excludes halogenated alkanes) is 2. The molecule has 0 saturated heterocycles. The zero-order chi connectivity index (χ0) is 12.0. The molecule has 0 aliphatic carbocycles. The van der Waals surface area contributed by atoms with Crippen molar-refractivity contribution in [2.24, 2.45) is 0 Å². The Labute approximate surface area is 100 Å². The van der Waals surface area contributed by atoms with E-state index in [0.29, 0.717) is 5.56 Å². The second-order valence-electron chi connectivity index (χ2n) is 3.68. The normalized spacial score (nSPS) is 10.4. The van der Waals surface area contributed by atoms with Crippen LogP contribution in [0, 0.1) is 6.92 Å². The maximum Gasteiger partial charge on any atom is 0.338 e. The second kappa shape index (κ2) is 6.53. The van der Waals surface area contributed by atoms with Crippen LogP contribution in [0.1, 0.15) is 42.2 Å². The van der Waals surface area contributed by atoms with Gasteiger partial charge in [0.05, 0.1) is 5.56 Å². The summed E-state index contributed by atoms with van der Waals surface area (Å²) in [4.78, 5) is 15.8. The summed E-state index contributed by atoms with van der Waals surface area (Å²) in [5.41, 5.74) is 1.18. The molecule has 0 atom stereocenters. The number of hydrogen-bond acceptors (Lipinski definition) is 3. The number of hydrogen-bond donors (Lipinski definition) is 1. The van der Waals surface area contributed by atoms with Gasteiger partial charge in [-0.15, -0.1) is 11.8 Å². The molecule has 0 saturated carbocycles. The van der Waals surface area contributed by atoms with Crippen molar-refractivity contribution < 1.29 is 9.90 Å². The van der Waals surface area contributed by atoms with Gasteiger partial charge in [0.1, 0.15) is 0 Å². The van der Waals surface area contributed by atoms with E-state index in [0.717, 1.165) is 22.8 Å². The van der Waals surface area contributed by atoms with Crippen molar-refractivity contribution in [1.82, 2.24) is 4.98 Å². The average Bonchev–Trinajstić information content (AvgIpc) is 2.24. The van der Waals surface area contributed by atoms with Crippen LogP contribution in [0.25, 0.3) is 0 Å². The molecule has 0 bridgehead atoms. The zero-order valence-corrected chi connectivity index (χ0v) is 10.5. The number of nitrogens with zero attached hydrogens (tertiary/aromatic N) is 1. The van der Waals surface area contributed by atoms with Gasteiger partial charge in [-0.2, -0.15) is 0 Å². The third-order valence-corrected chi connectivity index (χ3v) is 3.38. The molecular weight excluding hydrogens is 222 g/mol. The Bertz CT molecular complexity index is 366. The van der Waals surface area contributed by atoms with E-state index in [9.17, 15) is 4.79 Å².